The summed E-state index contributed by atoms with van der Waals surface area (Å²) in [6, 6.07) is 12.1. The van der Waals surface area contributed by atoms with E-state index in [9.17, 15) is 4.79 Å². The van der Waals surface area contributed by atoms with Gasteiger partial charge in [-0.25, -0.2) is 0 Å². The molecule has 3 rings (SSSR count). The highest BCUT2D eigenvalue weighted by Crippen LogP contribution is 2.25. The molecular formula is C20H20N2OS. The Morgan fingerprint density at radius 2 is 1.71 bits per heavy atom. The number of aryl methyl sites for hydroxylation is 4. The van der Waals surface area contributed by atoms with Gasteiger partial charge in [0.2, 0.25) is 0 Å². The number of benzene rings is 2. The van der Waals surface area contributed by atoms with Gasteiger partial charge < -0.3 is 5.32 Å². The Bertz CT molecular complexity index is 883. The van der Waals surface area contributed by atoms with E-state index in [1.54, 1.807) is 4.90 Å². The van der Waals surface area contributed by atoms with Crippen LogP contribution in [0.1, 0.15) is 27.8 Å². The van der Waals surface area contributed by atoms with Crippen molar-refractivity contribution in [3.63, 3.8) is 0 Å². The maximum absolute atomic E-state index is 12.8. The molecule has 1 aliphatic heterocycles. The first kappa shape index (κ1) is 16.4. The van der Waals surface area contributed by atoms with Gasteiger partial charge >= 0.3 is 0 Å². The van der Waals surface area contributed by atoms with E-state index in [2.05, 4.69) is 18.3 Å². The van der Waals surface area contributed by atoms with Gasteiger partial charge in [-0.2, -0.15) is 0 Å². The fourth-order valence-corrected chi connectivity index (χ4v) is 3.08. The normalized spacial score (nSPS) is 16.0. The molecule has 4 heteroatoms. The third-order valence-corrected chi connectivity index (χ3v) is 4.64. The van der Waals surface area contributed by atoms with Crippen molar-refractivity contribution in [3.8, 4) is 0 Å². The van der Waals surface area contributed by atoms with Gasteiger partial charge in [-0.05, 0) is 80.4 Å². The topological polar surface area (TPSA) is 32.3 Å². The van der Waals surface area contributed by atoms with Gasteiger partial charge in [-0.1, -0.05) is 29.8 Å². The van der Waals surface area contributed by atoms with Crippen LogP contribution in [0.5, 0.6) is 0 Å². The lowest BCUT2D eigenvalue weighted by Gasteiger charge is -2.15. The summed E-state index contributed by atoms with van der Waals surface area (Å²) in [6.07, 6.45) is 1.87. The number of thiocarbonyl (C=S) groups is 1. The third-order valence-electron chi connectivity index (χ3n) is 4.35. The lowest BCUT2D eigenvalue weighted by Crippen LogP contribution is -2.30. The Kier molecular flexibility index (Phi) is 4.24. The highest BCUT2D eigenvalue weighted by Gasteiger charge is 2.32. The summed E-state index contributed by atoms with van der Waals surface area (Å²) in [4.78, 5) is 14.4. The summed E-state index contributed by atoms with van der Waals surface area (Å²) in [5.41, 5.74) is 6.97. The number of amides is 1. The summed E-state index contributed by atoms with van der Waals surface area (Å²) in [5.74, 6) is -0.122. The van der Waals surface area contributed by atoms with Gasteiger partial charge in [0, 0.05) is 0 Å². The number of nitrogens with zero attached hydrogens (tertiary/aromatic N) is 1. The van der Waals surface area contributed by atoms with Gasteiger partial charge in [0.05, 0.1) is 5.69 Å². The average Bonchev–Trinajstić information content (AvgIpc) is 2.79. The first-order valence-corrected chi connectivity index (χ1v) is 8.29. The first-order chi connectivity index (χ1) is 11.4. The first-order valence-electron chi connectivity index (χ1n) is 7.88. The van der Waals surface area contributed by atoms with E-state index in [1.807, 2.05) is 57.2 Å². The van der Waals surface area contributed by atoms with Crippen LogP contribution in [-0.4, -0.2) is 11.0 Å². The maximum atomic E-state index is 12.8. The SMILES string of the molecule is Cc1ccc(/C=C2\NC(=S)N(c3ccc(C)c(C)c3)C2=O)c(C)c1. The largest absolute Gasteiger partial charge is 0.327 e. The summed E-state index contributed by atoms with van der Waals surface area (Å²) >= 11 is 5.38. The van der Waals surface area contributed by atoms with Gasteiger partial charge in [0.25, 0.3) is 5.91 Å². The van der Waals surface area contributed by atoms with E-state index >= 15 is 0 Å². The Morgan fingerprint density at radius 3 is 2.38 bits per heavy atom. The van der Waals surface area contributed by atoms with E-state index in [0.717, 1.165) is 22.4 Å². The molecule has 1 amide bonds. The van der Waals surface area contributed by atoms with Crippen molar-refractivity contribution in [2.45, 2.75) is 27.7 Å². The average molecular weight is 336 g/mol. The Morgan fingerprint density at radius 1 is 0.958 bits per heavy atom. The van der Waals surface area contributed by atoms with Crippen LogP contribution in [0.15, 0.2) is 42.1 Å². The number of hydrogen-bond donors (Lipinski definition) is 1. The molecule has 1 heterocycles. The zero-order chi connectivity index (χ0) is 17.4. The number of rotatable bonds is 2. The molecule has 0 bridgehead atoms. The van der Waals surface area contributed by atoms with E-state index in [4.69, 9.17) is 12.2 Å². The van der Waals surface area contributed by atoms with Crippen molar-refractivity contribution < 1.29 is 4.79 Å². The Balaban J connectivity index is 1.96. The van der Waals surface area contributed by atoms with Gasteiger partial charge in [-0.15, -0.1) is 0 Å². The molecule has 2 aromatic rings. The van der Waals surface area contributed by atoms with Crippen molar-refractivity contribution in [1.82, 2.24) is 5.32 Å². The van der Waals surface area contributed by atoms with Crippen LogP contribution >= 0.6 is 12.2 Å². The molecule has 0 aliphatic carbocycles. The Labute approximate surface area is 148 Å². The molecule has 0 unspecified atom stereocenters. The molecule has 1 saturated heterocycles. The molecule has 1 N–H and O–H groups in total. The molecule has 1 aliphatic rings. The zero-order valence-corrected chi connectivity index (χ0v) is 15.1. The monoisotopic (exact) mass is 336 g/mol. The van der Waals surface area contributed by atoms with Crippen molar-refractivity contribution in [3.05, 3.63) is 69.9 Å². The summed E-state index contributed by atoms with van der Waals surface area (Å²) in [5, 5.41) is 3.46. The predicted octanol–water partition coefficient (Wildman–Crippen LogP) is 4.18. The summed E-state index contributed by atoms with van der Waals surface area (Å²) in [7, 11) is 0. The quantitative estimate of drug-likeness (QED) is 0.659. The lowest BCUT2D eigenvalue weighted by molar-refractivity contribution is -0.113. The predicted molar refractivity (Wildman–Crippen MR) is 103 cm³/mol. The van der Waals surface area contributed by atoms with Crippen LogP contribution in [0.3, 0.4) is 0 Å². The zero-order valence-electron chi connectivity index (χ0n) is 14.3. The number of nitrogens with one attached hydrogen (secondary N) is 1. The van der Waals surface area contributed by atoms with Crippen LogP contribution in [0, 0.1) is 27.7 Å². The van der Waals surface area contributed by atoms with Gasteiger partial charge in [0.1, 0.15) is 5.70 Å². The molecule has 3 nitrogen and oxygen atoms in total. The number of hydrogen-bond acceptors (Lipinski definition) is 2. The maximum Gasteiger partial charge on any atom is 0.281 e. The fourth-order valence-electron chi connectivity index (χ4n) is 2.78. The smallest absolute Gasteiger partial charge is 0.281 e. The highest BCUT2D eigenvalue weighted by molar-refractivity contribution is 7.80. The second-order valence-electron chi connectivity index (χ2n) is 6.26. The minimum atomic E-state index is -0.122. The van der Waals surface area contributed by atoms with Gasteiger partial charge in [-0.3, -0.25) is 9.69 Å². The molecule has 0 radical (unpaired) electrons. The van der Waals surface area contributed by atoms with Crippen LogP contribution < -0.4 is 10.2 Å². The van der Waals surface area contributed by atoms with Crippen molar-refractivity contribution in [2.24, 2.45) is 0 Å². The van der Waals surface area contributed by atoms with E-state index in [-0.39, 0.29) is 5.91 Å². The third kappa shape index (κ3) is 2.97. The molecule has 0 atom stereocenters. The fraction of sp³-hybridized carbons (Fsp3) is 0.200. The highest BCUT2D eigenvalue weighted by atomic mass is 32.1. The van der Waals surface area contributed by atoms with Crippen molar-refractivity contribution in [2.75, 3.05) is 4.90 Å². The van der Waals surface area contributed by atoms with Crippen molar-refractivity contribution >= 4 is 35.0 Å². The van der Waals surface area contributed by atoms with Crippen molar-refractivity contribution in [1.29, 1.82) is 0 Å². The van der Waals surface area contributed by atoms with Crippen LogP contribution in [0.4, 0.5) is 5.69 Å². The number of carbonyl (C=O) groups excluding carboxylic acids is 1. The van der Waals surface area contributed by atoms with Gasteiger partial charge in [0.15, 0.2) is 5.11 Å². The minimum Gasteiger partial charge on any atom is -0.327 e. The van der Waals surface area contributed by atoms with Crippen LogP contribution in [-0.2, 0) is 4.79 Å². The lowest BCUT2D eigenvalue weighted by atomic mass is 10.0. The number of anilines is 1. The molecule has 0 aromatic heterocycles. The van der Waals surface area contributed by atoms with E-state index in [0.29, 0.717) is 10.8 Å². The standard InChI is InChI=1S/C20H20N2OS/c1-12-5-7-16(15(4)9-12)11-18-19(23)22(20(24)21-18)17-8-6-13(2)14(3)10-17/h5-11H,1-4H3,(H,21,24)/b18-11-. The molecule has 2 aromatic carbocycles. The molecular weight excluding hydrogens is 316 g/mol. The van der Waals surface area contributed by atoms with Crippen LogP contribution in [0.25, 0.3) is 6.08 Å². The molecule has 0 spiro atoms. The summed E-state index contributed by atoms with van der Waals surface area (Å²) in [6.45, 7) is 8.17. The van der Waals surface area contributed by atoms with Crippen LogP contribution in [0.2, 0.25) is 0 Å². The second kappa shape index (κ2) is 6.21. The van der Waals surface area contributed by atoms with E-state index < -0.39 is 0 Å². The molecule has 0 saturated carbocycles. The minimum absolute atomic E-state index is 0.122. The molecule has 122 valence electrons. The summed E-state index contributed by atoms with van der Waals surface area (Å²) < 4.78 is 0. The Hall–Kier alpha value is -2.46. The molecule has 24 heavy (non-hydrogen) atoms. The molecule has 1 fully saturated rings. The number of carbonyl (C=O) groups is 1. The van der Waals surface area contributed by atoms with E-state index in [1.165, 1.54) is 11.1 Å². The second-order valence-corrected chi connectivity index (χ2v) is 6.64.